The Labute approximate surface area is 149 Å². The van der Waals surface area contributed by atoms with Crippen LogP contribution in [0.15, 0.2) is 57.7 Å². The van der Waals surface area contributed by atoms with E-state index in [-0.39, 0.29) is 17.9 Å². The van der Waals surface area contributed by atoms with Gasteiger partial charge in [0, 0.05) is 12.3 Å². The molecule has 3 rings (SSSR count). The zero-order chi connectivity index (χ0) is 18.7. The highest BCUT2D eigenvalue weighted by Gasteiger charge is 2.16. The fourth-order valence-corrected chi connectivity index (χ4v) is 2.33. The highest BCUT2D eigenvalue weighted by molar-refractivity contribution is 6.32. The maximum absolute atomic E-state index is 12.3. The summed E-state index contributed by atoms with van der Waals surface area (Å²) in [5.41, 5.74) is 0.374. The molecule has 0 atom stereocenters. The van der Waals surface area contributed by atoms with Gasteiger partial charge < -0.3 is 13.9 Å². The van der Waals surface area contributed by atoms with Crippen molar-refractivity contribution < 1.29 is 23.5 Å². The Kier molecular flexibility index (Phi) is 4.88. The third kappa shape index (κ3) is 4.00. The molecule has 2 radical (unpaired) electrons. The lowest BCUT2D eigenvalue weighted by molar-refractivity contribution is -0.142. The number of carbonyl (C=O) groups is 2. The first kappa shape index (κ1) is 17.5. The second kappa shape index (κ2) is 7.27. The van der Waals surface area contributed by atoms with E-state index in [1.54, 1.807) is 36.4 Å². The standard InChI is InChI=1S/C19H13BO6/c1-11(21)24-10-12-5-6-17-13(7-12)8-16(19(23)26-17)18(22)25-15-4-2-3-14(20)9-15/h2-9H,10H2,1H3. The van der Waals surface area contributed by atoms with Crippen LogP contribution in [0.3, 0.4) is 0 Å². The van der Waals surface area contributed by atoms with Crippen molar-refractivity contribution in [1.82, 2.24) is 0 Å². The van der Waals surface area contributed by atoms with Crippen LogP contribution in [0.5, 0.6) is 5.75 Å². The van der Waals surface area contributed by atoms with E-state index in [0.29, 0.717) is 22.0 Å². The number of carbonyl (C=O) groups excluding carboxylic acids is 2. The molecule has 2 aromatic carbocycles. The van der Waals surface area contributed by atoms with Crippen LogP contribution < -0.4 is 15.8 Å². The number of ether oxygens (including phenoxy) is 2. The molecule has 0 saturated heterocycles. The minimum Gasteiger partial charge on any atom is -0.461 e. The summed E-state index contributed by atoms with van der Waals surface area (Å²) >= 11 is 0. The van der Waals surface area contributed by atoms with Crippen LogP contribution >= 0.6 is 0 Å². The minimum absolute atomic E-state index is 0.0769. The number of rotatable bonds is 4. The fraction of sp³-hybridized carbons (Fsp3) is 0.105. The van der Waals surface area contributed by atoms with Gasteiger partial charge in [0.05, 0.1) is 0 Å². The summed E-state index contributed by atoms with van der Waals surface area (Å²) in [5.74, 6) is -1.04. The Morgan fingerprint density at radius 3 is 2.65 bits per heavy atom. The van der Waals surface area contributed by atoms with Crippen LogP contribution in [0.25, 0.3) is 11.0 Å². The normalized spacial score (nSPS) is 10.5. The number of hydrogen-bond acceptors (Lipinski definition) is 6. The summed E-state index contributed by atoms with van der Waals surface area (Å²) in [5, 5.41) is 0.508. The highest BCUT2D eigenvalue weighted by Crippen LogP contribution is 2.18. The second-order valence-corrected chi connectivity index (χ2v) is 5.56. The van der Waals surface area contributed by atoms with Crippen molar-refractivity contribution in [2.75, 3.05) is 0 Å². The first-order valence-electron chi connectivity index (χ1n) is 7.70. The first-order chi connectivity index (χ1) is 12.4. The van der Waals surface area contributed by atoms with Crippen molar-refractivity contribution in [2.24, 2.45) is 0 Å². The lowest BCUT2D eigenvalue weighted by atomic mass is 9.96. The van der Waals surface area contributed by atoms with Crippen LogP contribution in [0.2, 0.25) is 0 Å². The summed E-state index contributed by atoms with van der Waals surface area (Å²) in [7, 11) is 5.64. The average Bonchev–Trinajstić information content (AvgIpc) is 2.59. The SMILES string of the molecule is [B]c1cccc(OC(=O)c2cc3cc(COC(C)=O)ccc3oc2=O)c1. The Balaban J connectivity index is 1.91. The van der Waals surface area contributed by atoms with Crippen molar-refractivity contribution in [3.05, 3.63) is 70.1 Å². The summed E-state index contributed by atoms with van der Waals surface area (Å²) in [6, 6.07) is 12.6. The molecule has 1 heterocycles. The molecule has 0 N–H and O–H groups in total. The molecule has 3 aromatic rings. The second-order valence-electron chi connectivity index (χ2n) is 5.56. The average molecular weight is 348 g/mol. The molecule has 0 unspecified atom stereocenters. The summed E-state index contributed by atoms with van der Waals surface area (Å²) < 4.78 is 15.3. The molecular formula is C19H13BO6. The molecule has 0 aliphatic rings. The van der Waals surface area contributed by atoms with Crippen molar-refractivity contribution in [3.63, 3.8) is 0 Å². The largest absolute Gasteiger partial charge is 0.461 e. The van der Waals surface area contributed by atoms with Crippen LogP contribution in [0, 0.1) is 0 Å². The van der Waals surface area contributed by atoms with Gasteiger partial charge >= 0.3 is 17.6 Å². The van der Waals surface area contributed by atoms with Gasteiger partial charge in [-0.2, -0.15) is 0 Å². The van der Waals surface area contributed by atoms with Gasteiger partial charge in [-0.1, -0.05) is 23.7 Å². The third-order valence-electron chi connectivity index (χ3n) is 3.53. The molecule has 0 amide bonds. The lowest BCUT2D eigenvalue weighted by Gasteiger charge is -2.06. The third-order valence-corrected chi connectivity index (χ3v) is 3.53. The zero-order valence-corrected chi connectivity index (χ0v) is 13.9. The van der Waals surface area contributed by atoms with Crippen LogP contribution in [0.1, 0.15) is 22.8 Å². The molecule has 128 valence electrons. The van der Waals surface area contributed by atoms with Gasteiger partial charge in [-0.25, -0.2) is 9.59 Å². The maximum atomic E-state index is 12.3. The molecule has 0 spiro atoms. The number of hydrogen-bond donors (Lipinski definition) is 0. The van der Waals surface area contributed by atoms with Gasteiger partial charge in [0.2, 0.25) is 0 Å². The molecule has 0 saturated carbocycles. The van der Waals surface area contributed by atoms with Crippen molar-refractivity contribution in [3.8, 4) is 5.75 Å². The number of benzene rings is 2. The van der Waals surface area contributed by atoms with Crippen molar-refractivity contribution >= 4 is 36.2 Å². The van der Waals surface area contributed by atoms with E-state index in [1.807, 2.05) is 0 Å². The molecule has 1 aromatic heterocycles. The van der Waals surface area contributed by atoms with Crippen LogP contribution in [-0.2, 0) is 16.1 Å². The summed E-state index contributed by atoms with van der Waals surface area (Å²) in [4.78, 5) is 35.3. The Hall–Kier alpha value is -3.35. The topological polar surface area (TPSA) is 82.8 Å². The predicted molar refractivity (Wildman–Crippen MR) is 94.7 cm³/mol. The van der Waals surface area contributed by atoms with Gasteiger partial charge in [-0.05, 0) is 35.9 Å². The number of fused-ring (bicyclic) bond motifs is 1. The van der Waals surface area contributed by atoms with E-state index >= 15 is 0 Å². The lowest BCUT2D eigenvalue weighted by Crippen LogP contribution is -2.19. The quantitative estimate of drug-likeness (QED) is 0.310. The molecule has 0 aliphatic heterocycles. The van der Waals surface area contributed by atoms with E-state index in [2.05, 4.69) is 0 Å². The molecular weight excluding hydrogens is 335 g/mol. The monoisotopic (exact) mass is 348 g/mol. The Bertz CT molecular complexity index is 1050. The van der Waals surface area contributed by atoms with E-state index in [4.69, 9.17) is 21.7 Å². The molecule has 6 nitrogen and oxygen atoms in total. The Morgan fingerprint density at radius 1 is 1.12 bits per heavy atom. The first-order valence-corrected chi connectivity index (χ1v) is 7.70. The van der Waals surface area contributed by atoms with Gasteiger partial charge in [0.1, 0.15) is 31.3 Å². The van der Waals surface area contributed by atoms with Crippen molar-refractivity contribution in [1.29, 1.82) is 0 Å². The summed E-state index contributed by atoms with van der Waals surface area (Å²) in [6.07, 6.45) is 0. The van der Waals surface area contributed by atoms with Gasteiger partial charge in [0.15, 0.2) is 0 Å². The zero-order valence-electron chi connectivity index (χ0n) is 13.9. The van der Waals surface area contributed by atoms with Gasteiger partial charge in [-0.3, -0.25) is 4.79 Å². The highest BCUT2D eigenvalue weighted by atomic mass is 16.5. The minimum atomic E-state index is -0.850. The molecule has 7 heteroatoms. The molecule has 0 fully saturated rings. The van der Waals surface area contributed by atoms with E-state index in [1.165, 1.54) is 19.1 Å². The van der Waals surface area contributed by atoms with Gasteiger partial charge in [0.25, 0.3) is 0 Å². The van der Waals surface area contributed by atoms with E-state index in [9.17, 15) is 14.4 Å². The van der Waals surface area contributed by atoms with Crippen molar-refractivity contribution in [2.45, 2.75) is 13.5 Å². The molecule has 0 aliphatic carbocycles. The molecule has 26 heavy (non-hydrogen) atoms. The Morgan fingerprint density at radius 2 is 1.92 bits per heavy atom. The smallest absolute Gasteiger partial charge is 0.351 e. The van der Waals surface area contributed by atoms with Gasteiger partial charge in [-0.15, -0.1) is 0 Å². The van der Waals surface area contributed by atoms with E-state index in [0.717, 1.165) is 0 Å². The molecule has 0 bridgehead atoms. The van der Waals surface area contributed by atoms with E-state index < -0.39 is 17.6 Å². The number of esters is 2. The van der Waals surface area contributed by atoms with Crippen LogP contribution in [0.4, 0.5) is 0 Å². The summed E-state index contributed by atoms with van der Waals surface area (Å²) in [6.45, 7) is 1.39. The van der Waals surface area contributed by atoms with Crippen LogP contribution in [-0.4, -0.2) is 19.8 Å². The predicted octanol–water partition coefficient (Wildman–Crippen LogP) is 1.87. The fourth-order valence-electron chi connectivity index (χ4n) is 2.33. The maximum Gasteiger partial charge on any atom is 0.351 e.